The van der Waals surface area contributed by atoms with E-state index in [9.17, 15) is 4.79 Å². The summed E-state index contributed by atoms with van der Waals surface area (Å²) in [5.74, 6) is 0. The number of rotatable bonds is 4. The molecule has 0 spiro atoms. The maximum Gasteiger partial charge on any atom is 0.321 e. The van der Waals surface area contributed by atoms with Crippen molar-refractivity contribution in [1.82, 2.24) is 9.80 Å². The summed E-state index contributed by atoms with van der Waals surface area (Å²) in [5.41, 5.74) is 1.19. The van der Waals surface area contributed by atoms with Crippen molar-refractivity contribution >= 4 is 11.7 Å². The number of methoxy groups -OCH3 is 1. The number of nitrogens with one attached hydrogen (secondary N) is 1. The Morgan fingerprint density at radius 2 is 2.14 bits per heavy atom. The zero-order valence-corrected chi connectivity index (χ0v) is 13.1. The fourth-order valence-corrected chi connectivity index (χ4v) is 2.58. The van der Waals surface area contributed by atoms with Crippen molar-refractivity contribution in [2.75, 3.05) is 45.2 Å². The molecular weight excluding hydrogens is 280 g/mol. The van der Waals surface area contributed by atoms with Crippen molar-refractivity contribution in [2.24, 2.45) is 0 Å². The van der Waals surface area contributed by atoms with Crippen molar-refractivity contribution < 1.29 is 9.53 Å². The van der Waals surface area contributed by atoms with Gasteiger partial charge in [-0.05, 0) is 25.1 Å². The van der Waals surface area contributed by atoms with Gasteiger partial charge < -0.3 is 15.0 Å². The van der Waals surface area contributed by atoms with E-state index in [2.05, 4.69) is 23.2 Å². The Morgan fingerprint density at radius 1 is 1.41 bits per heavy atom. The molecule has 1 fully saturated rings. The fourth-order valence-electron chi connectivity index (χ4n) is 2.58. The first-order valence-corrected chi connectivity index (χ1v) is 7.43. The standard InChI is InChI=1S/C16H22N4O2/c1-13(12-22-2)19-6-8-20(9-7-19)16(21)18-15-5-3-4-14(10-15)11-17/h3-5,10,13H,6-9,12H2,1-2H3,(H,18,21)/t13-/m0/s1. The second-order valence-corrected chi connectivity index (χ2v) is 5.45. The number of carbonyl (C=O) groups excluding carboxylic acids is 1. The molecule has 0 bridgehead atoms. The van der Waals surface area contributed by atoms with Crippen LogP contribution in [-0.2, 0) is 4.74 Å². The van der Waals surface area contributed by atoms with Gasteiger partial charge in [0, 0.05) is 45.0 Å². The molecule has 1 heterocycles. The summed E-state index contributed by atoms with van der Waals surface area (Å²) in [6.45, 7) is 5.90. The first kappa shape index (κ1) is 16.3. The van der Waals surface area contributed by atoms with Crippen LogP contribution in [0.25, 0.3) is 0 Å². The number of nitrogens with zero attached hydrogens (tertiary/aromatic N) is 3. The number of urea groups is 1. The smallest absolute Gasteiger partial charge is 0.321 e. The van der Waals surface area contributed by atoms with E-state index in [0.29, 0.717) is 37.0 Å². The minimum Gasteiger partial charge on any atom is -0.383 e. The van der Waals surface area contributed by atoms with E-state index in [1.807, 2.05) is 0 Å². The van der Waals surface area contributed by atoms with Gasteiger partial charge in [-0.3, -0.25) is 4.90 Å². The third-order valence-electron chi connectivity index (χ3n) is 3.88. The number of piperazine rings is 1. The lowest BCUT2D eigenvalue weighted by atomic mass is 10.2. The molecule has 22 heavy (non-hydrogen) atoms. The van der Waals surface area contributed by atoms with Gasteiger partial charge in [-0.25, -0.2) is 4.79 Å². The van der Waals surface area contributed by atoms with Crippen LogP contribution in [0.4, 0.5) is 10.5 Å². The van der Waals surface area contributed by atoms with E-state index in [1.165, 1.54) is 0 Å². The minimum atomic E-state index is -0.117. The third-order valence-corrected chi connectivity index (χ3v) is 3.88. The Morgan fingerprint density at radius 3 is 2.77 bits per heavy atom. The molecule has 6 heteroatoms. The highest BCUT2D eigenvalue weighted by atomic mass is 16.5. The fraction of sp³-hybridized carbons (Fsp3) is 0.500. The largest absolute Gasteiger partial charge is 0.383 e. The lowest BCUT2D eigenvalue weighted by Gasteiger charge is -2.37. The van der Waals surface area contributed by atoms with Crippen molar-refractivity contribution in [3.8, 4) is 6.07 Å². The molecule has 1 aromatic rings. The summed E-state index contributed by atoms with van der Waals surface area (Å²) in [6.07, 6.45) is 0. The predicted octanol–water partition coefficient (Wildman–Crippen LogP) is 1.74. The van der Waals surface area contributed by atoms with Crippen LogP contribution in [0.2, 0.25) is 0 Å². The molecule has 118 valence electrons. The highest BCUT2D eigenvalue weighted by Crippen LogP contribution is 2.12. The zero-order chi connectivity index (χ0) is 15.9. The van der Waals surface area contributed by atoms with Gasteiger partial charge in [0.25, 0.3) is 0 Å². The van der Waals surface area contributed by atoms with Crippen LogP contribution in [-0.4, -0.2) is 61.8 Å². The molecule has 1 saturated heterocycles. The van der Waals surface area contributed by atoms with Crippen molar-refractivity contribution in [1.29, 1.82) is 5.26 Å². The van der Waals surface area contributed by atoms with Gasteiger partial charge in [0.05, 0.1) is 18.2 Å². The Bertz CT molecular complexity index is 547. The van der Waals surface area contributed by atoms with Crippen molar-refractivity contribution in [2.45, 2.75) is 13.0 Å². The molecule has 0 aliphatic carbocycles. The van der Waals surface area contributed by atoms with Crippen molar-refractivity contribution in [3.63, 3.8) is 0 Å². The molecule has 0 unspecified atom stereocenters. The normalized spacial score (nSPS) is 16.9. The predicted molar refractivity (Wildman–Crippen MR) is 84.7 cm³/mol. The SMILES string of the molecule is COC[C@H](C)N1CCN(C(=O)Nc2cccc(C#N)c2)CC1. The molecule has 2 amide bonds. The summed E-state index contributed by atoms with van der Waals surface area (Å²) in [4.78, 5) is 16.4. The number of benzene rings is 1. The Hall–Kier alpha value is -2.10. The van der Waals surface area contributed by atoms with Gasteiger partial charge in [-0.1, -0.05) is 6.07 Å². The Kier molecular flexibility index (Phi) is 5.75. The first-order valence-electron chi connectivity index (χ1n) is 7.43. The molecule has 1 atom stereocenters. The lowest BCUT2D eigenvalue weighted by Crippen LogP contribution is -2.53. The van der Waals surface area contributed by atoms with Gasteiger partial charge in [0.1, 0.15) is 0 Å². The van der Waals surface area contributed by atoms with E-state index >= 15 is 0 Å². The molecule has 1 aliphatic rings. The quantitative estimate of drug-likeness (QED) is 0.920. The maximum absolute atomic E-state index is 12.3. The molecule has 0 aromatic heterocycles. The van der Waals surface area contributed by atoms with Gasteiger partial charge in [0.15, 0.2) is 0 Å². The van der Waals surface area contributed by atoms with Crippen LogP contribution in [0.1, 0.15) is 12.5 Å². The van der Waals surface area contributed by atoms with Crippen LogP contribution in [0.3, 0.4) is 0 Å². The van der Waals surface area contributed by atoms with Crippen molar-refractivity contribution in [3.05, 3.63) is 29.8 Å². The average Bonchev–Trinajstić information content (AvgIpc) is 2.55. The number of hydrogen-bond acceptors (Lipinski definition) is 4. The summed E-state index contributed by atoms with van der Waals surface area (Å²) in [6, 6.07) is 9.25. The summed E-state index contributed by atoms with van der Waals surface area (Å²) >= 11 is 0. The van der Waals surface area contributed by atoms with Gasteiger partial charge >= 0.3 is 6.03 Å². The number of carbonyl (C=O) groups is 1. The molecule has 1 aliphatic heterocycles. The van der Waals surface area contributed by atoms with E-state index < -0.39 is 0 Å². The Labute approximate surface area is 131 Å². The second-order valence-electron chi connectivity index (χ2n) is 5.45. The minimum absolute atomic E-state index is 0.117. The number of amides is 2. The molecule has 1 N–H and O–H groups in total. The highest BCUT2D eigenvalue weighted by molar-refractivity contribution is 5.89. The second kappa shape index (κ2) is 7.78. The number of hydrogen-bond donors (Lipinski definition) is 1. The van der Waals surface area contributed by atoms with E-state index in [1.54, 1.807) is 36.3 Å². The molecule has 0 radical (unpaired) electrons. The van der Waals surface area contributed by atoms with Gasteiger partial charge in [0.2, 0.25) is 0 Å². The lowest BCUT2D eigenvalue weighted by molar-refractivity contribution is 0.0680. The van der Waals surface area contributed by atoms with Crippen LogP contribution >= 0.6 is 0 Å². The monoisotopic (exact) mass is 302 g/mol. The average molecular weight is 302 g/mol. The van der Waals surface area contributed by atoms with E-state index in [4.69, 9.17) is 10.00 Å². The van der Waals surface area contributed by atoms with E-state index in [-0.39, 0.29) is 6.03 Å². The molecule has 2 rings (SSSR count). The number of anilines is 1. The van der Waals surface area contributed by atoms with Crippen LogP contribution in [0, 0.1) is 11.3 Å². The number of nitriles is 1. The topological polar surface area (TPSA) is 68.6 Å². The summed E-state index contributed by atoms with van der Waals surface area (Å²) in [7, 11) is 1.70. The highest BCUT2D eigenvalue weighted by Gasteiger charge is 2.23. The summed E-state index contributed by atoms with van der Waals surface area (Å²) < 4.78 is 5.17. The molecule has 6 nitrogen and oxygen atoms in total. The molecule has 0 saturated carbocycles. The van der Waals surface area contributed by atoms with E-state index in [0.717, 1.165) is 13.1 Å². The molecule has 1 aromatic carbocycles. The van der Waals surface area contributed by atoms with Crippen LogP contribution < -0.4 is 5.32 Å². The van der Waals surface area contributed by atoms with Gasteiger partial charge in [-0.15, -0.1) is 0 Å². The zero-order valence-electron chi connectivity index (χ0n) is 13.1. The van der Waals surface area contributed by atoms with Crippen LogP contribution in [0.15, 0.2) is 24.3 Å². The summed E-state index contributed by atoms with van der Waals surface area (Å²) in [5, 5.41) is 11.7. The number of ether oxygens (including phenoxy) is 1. The van der Waals surface area contributed by atoms with Gasteiger partial charge in [-0.2, -0.15) is 5.26 Å². The third kappa shape index (κ3) is 4.20. The first-order chi connectivity index (χ1) is 10.6. The maximum atomic E-state index is 12.3. The van der Waals surface area contributed by atoms with Crippen LogP contribution in [0.5, 0.6) is 0 Å². The Balaban J connectivity index is 1.86. The molecular formula is C16H22N4O2.